The number of rotatable bonds is 7. The summed E-state index contributed by atoms with van der Waals surface area (Å²) in [5.74, 6) is -1.16. The zero-order chi connectivity index (χ0) is 23.2. The number of para-hydroxylation sites is 1. The topological polar surface area (TPSA) is 101 Å². The lowest BCUT2D eigenvalue weighted by molar-refractivity contribution is -0.145. The van der Waals surface area contributed by atoms with Crippen molar-refractivity contribution < 1.29 is 19.4 Å². The molecule has 0 saturated carbocycles. The van der Waals surface area contributed by atoms with Gasteiger partial charge in [-0.15, -0.1) is 0 Å². The summed E-state index contributed by atoms with van der Waals surface area (Å²) in [5.41, 5.74) is 3.24. The molecule has 2 N–H and O–H groups in total. The molecule has 7 nitrogen and oxygen atoms in total. The van der Waals surface area contributed by atoms with E-state index in [-0.39, 0.29) is 18.2 Å². The van der Waals surface area contributed by atoms with Crippen LogP contribution < -0.4 is 5.32 Å². The van der Waals surface area contributed by atoms with Crippen LogP contribution in [0.2, 0.25) is 0 Å². The standard InChI is InChI=1S/C26H23N3O4/c1-33-26(32)18(14-17-9-11-19(30)12-10-17)16-28-25(31)21-15-24(23-8-4-5-13-27-23)29-22-7-3-2-6-20(21)22/h2-13,15,18,30H,14,16H2,1H3,(H,28,31). The zero-order valence-electron chi connectivity index (χ0n) is 18.1. The number of ether oxygens (including phenoxy) is 1. The Labute approximate surface area is 191 Å². The zero-order valence-corrected chi connectivity index (χ0v) is 18.1. The molecule has 33 heavy (non-hydrogen) atoms. The Morgan fingerprint density at radius 3 is 2.48 bits per heavy atom. The minimum atomic E-state index is -0.577. The minimum Gasteiger partial charge on any atom is -0.508 e. The molecule has 7 heteroatoms. The summed E-state index contributed by atoms with van der Waals surface area (Å²) in [6.45, 7) is 0.0992. The molecule has 0 bridgehead atoms. The van der Waals surface area contributed by atoms with Gasteiger partial charge in [-0.2, -0.15) is 0 Å². The van der Waals surface area contributed by atoms with E-state index >= 15 is 0 Å². The van der Waals surface area contributed by atoms with Crippen LogP contribution in [-0.2, 0) is 16.0 Å². The molecule has 4 rings (SSSR count). The smallest absolute Gasteiger partial charge is 0.310 e. The van der Waals surface area contributed by atoms with Gasteiger partial charge in [-0.3, -0.25) is 14.6 Å². The molecule has 2 aromatic heterocycles. The maximum Gasteiger partial charge on any atom is 0.310 e. The number of carbonyl (C=O) groups is 2. The molecule has 1 amide bonds. The van der Waals surface area contributed by atoms with Gasteiger partial charge in [0.05, 0.1) is 35.5 Å². The van der Waals surface area contributed by atoms with E-state index < -0.39 is 11.9 Å². The van der Waals surface area contributed by atoms with Crippen molar-refractivity contribution in [1.82, 2.24) is 15.3 Å². The number of nitrogens with zero attached hydrogens (tertiary/aromatic N) is 2. The summed E-state index contributed by atoms with van der Waals surface area (Å²) in [7, 11) is 1.32. The Balaban J connectivity index is 1.59. The van der Waals surface area contributed by atoms with Gasteiger partial charge in [-0.05, 0) is 48.4 Å². The van der Waals surface area contributed by atoms with E-state index in [1.54, 1.807) is 36.5 Å². The average Bonchev–Trinajstić information content (AvgIpc) is 2.86. The number of nitrogens with one attached hydrogen (secondary N) is 1. The molecule has 2 aromatic carbocycles. The lowest BCUT2D eigenvalue weighted by Gasteiger charge is -2.16. The summed E-state index contributed by atoms with van der Waals surface area (Å²) in [6, 6.07) is 21.2. The summed E-state index contributed by atoms with van der Waals surface area (Å²) in [5, 5.41) is 13.1. The summed E-state index contributed by atoms with van der Waals surface area (Å²) < 4.78 is 4.94. The van der Waals surface area contributed by atoms with Crippen molar-refractivity contribution in [2.75, 3.05) is 13.7 Å². The Bertz CT molecular complexity index is 1270. The number of hydrogen-bond acceptors (Lipinski definition) is 6. The van der Waals surface area contributed by atoms with Crippen molar-refractivity contribution in [1.29, 1.82) is 0 Å². The largest absolute Gasteiger partial charge is 0.508 e. The first-order chi connectivity index (χ1) is 16.0. The van der Waals surface area contributed by atoms with Gasteiger partial charge in [0.15, 0.2) is 0 Å². The molecule has 2 heterocycles. The third kappa shape index (κ3) is 5.15. The molecule has 1 unspecified atom stereocenters. The Morgan fingerprint density at radius 2 is 1.76 bits per heavy atom. The average molecular weight is 441 g/mol. The van der Waals surface area contributed by atoms with E-state index in [1.807, 2.05) is 42.5 Å². The van der Waals surface area contributed by atoms with E-state index in [0.29, 0.717) is 34.3 Å². The quantitative estimate of drug-likeness (QED) is 0.424. The summed E-state index contributed by atoms with van der Waals surface area (Å²) >= 11 is 0. The van der Waals surface area contributed by atoms with Crippen molar-refractivity contribution in [2.24, 2.45) is 5.92 Å². The number of aromatic hydroxyl groups is 1. The molecule has 0 aliphatic carbocycles. The number of phenols is 1. The third-order valence-corrected chi connectivity index (χ3v) is 5.35. The second kappa shape index (κ2) is 9.91. The van der Waals surface area contributed by atoms with Gasteiger partial charge in [0.25, 0.3) is 5.91 Å². The molecule has 0 aliphatic rings. The molecular weight excluding hydrogens is 418 g/mol. The molecule has 166 valence electrons. The molecule has 0 saturated heterocycles. The van der Waals surface area contributed by atoms with Gasteiger partial charge in [0.1, 0.15) is 5.75 Å². The highest BCUT2D eigenvalue weighted by Gasteiger charge is 2.22. The second-order valence-electron chi connectivity index (χ2n) is 7.59. The molecule has 0 spiro atoms. The SMILES string of the molecule is COC(=O)C(CNC(=O)c1cc(-c2ccccn2)nc2ccccc12)Cc1ccc(O)cc1. The van der Waals surface area contributed by atoms with Crippen molar-refractivity contribution in [3.05, 3.63) is 90.1 Å². The number of carbonyl (C=O) groups excluding carboxylic acids is 2. The van der Waals surface area contributed by atoms with Crippen molar-refractivity contribution in [3.8, 4) is 17.1 Å². The van der Waals surface area contributed by atoms with Crippen LogP contribution >= 0.6 is 0 Å². The number of methoxy groups -OCH3 is 1. The lowest BCUT2D eigenvalue weighted by atomic mass is 9.98. The predicted molar refractivity (Wildman–Crippen MR) is 125 cm³/mol. The summed E-state index contributed by atoms with van der Waals surface area (Å²) in [6.07, 6.45) is 2.04. The number of hydrogen-bond donors (Lipinski definition) is 2. The van der Waals surface area contributed by atoms with Crippen LogP contribution in [-0.4, -0.2) is 40.6 Å². The number of amides is 1. The lowest BCUT2D eigenvalue weighted by Crippen LogP contribution is -2.35. The van der Waals surface area contributed by atoms with Gasteiger partial charge < -0.3 is 15.2 Å². The van der Waals surface area contributed by atoms with Crippen LogP contribution in [0, 0.1) is 5.92 Å². The first-order valence-electron chi connectivity index (χ1n) is 10.5. The maximum absolute atomic E-state index is 13.2. The Hall–Kier alpha value is -4.26. The molecular formula is C26H23N3O4. The highest BCUT2D eigenvalue weighted by molar-refractivity contribution is 6.07. The highest BCUT2D eigenvalue weighted by Crippen LogP contribution is 2.24. The van der Waals surface area contributed by atoms with Crippen molar-refractivity contribution >= 4 is 22.8 Å². The van der Waals surface area contributed by atoms with Crippen LogP contribution in [0.5, 0.6) is 5.75 Å². The van der Waals surface area contributed by atoms with Crippen molar-refractivity contribution in [2.45, 2.75) is 6.42 Å². The predicted octanol–water partition coefficient (Wildman–Crippen LogP) is 3.76. The van der Waals surface area contributed by atoms with Crippen LogP contribution in [0.4, 0.5) is 0 Å². The third-order valence-electron chi connectivity index (χ3n) is 5.35. The van der Waals surface area contributed by atoms with Crippen LogP contribution in [0.15, 0.2) is 79.0 Å². The van der Waals surface area contributed by atoms with E-state index in [9.17, 15) is 14.7 Å². The molecule has 0 radical (unpaired) electrons. The fraction of sp³-hybridized carbons (Fsp3) is 0.154. The monoisotopic (exact) mass is 441 g/mol. The number of pyridine rings is 2. The number of phenolic OH excluding ortho intramolecular Hbond substituents is 1. The van der Waals surface area contributed by atoms with Crippen LogP contribution in [0.3, 0.4) is 0 Å². The number of fused-ring (bicyclic) bond motifs is 1. The normalized spacial score (nSPS) is 11.7. The van der Waals surface area contributed by atoms with Crippen molar-refractivity contribution in [3.63, 3.8) is 0 Å². The van der Waals surface area contributed by atoms with Crippen LogP contribution in [0.25, 0.3) is 22.3 Å². The Morgan fingerprint density at radius 1 is 1.00 bits per heavy atom. The number of esters is 1. The Kier molecular flexibility index (Phi) is 6.59. The second-order valence-corrected chi connectivity index (χ2v) is 7.59. The highest BCUT2D eigenvalue weighted by atomic mass is 16.5. The van der Waals surface area contributed by atoms with E-state index in [1.165, 1.54) is 7.11 Å². The fourth-order valence-electron chi connectivity index (χ4n) is 3.64. The first-order valence-corrected chi connectivity index (χ1v) is 10.5. The fourth-order valence-corrected chi connectivity index (χ4v) is 3.64. The van der Waals surface area contributed by atoms with Gasteiger partial charge in [-0.25, -0.2) is 4.98 Å². The first kappa shape index (κ1) is 22.0. The molecule has 1 atom stereocenters. The van der Waals surface area contributed by atoms with Crippen LogP contribution in [0.1, 0.15) is 15.9 Å². The van der Waals surface area contributed by atoms with Gasteiger partial charge in [-0.1, -0.05) is 36.4 Å². The maximum atomic E-state index is 13.2. The summed E-state index contributed by atoms with van der Waals surface area (Å²) in [4.78, 5) is 34.5. The number of aromatic nitrogens is 2. The van der Waals surface area contributed by atoms with E-state index in [0.717, 1.165) is 5.56 Å². The number of benzene rings is 2. The van der Waals surface area contributed by atoms with E-state index in [2.05, 4.69) is 15.3 Å². The molecule has 4 aromatic rings. The minimum absolute atomic E-state index is 0.0992. The molecule has 0 aliphatic heterocycles. The van der Waals surface area contributed by atoms with Gasteiger partial charge in [0.2, 0.25) is 0 Å². The van der Waals surface area contributed by atoms with Gasteiger partial charge >= 0.3 is 5.97 Å². The molecule has 0 fully saturated rings. The van der Waals surface area contributed by atoms with Gasteiger partial charge in [0, 0.05) is 18.1 Å². The van der Waals surface area contributed by atoms with E-state index in [4.69, 9.17) is 4.74 Å².